The molecule has 0 fully saturated rings. The molecule has 0 bridgehead atoms. The third kappa shape index (κ3) is 3.09. The standard InChI is InChI=1S/C18H27N3OS/c1-4-11-21-15(12-20(5-2)6-3)19-17-16(18(21)22)13-9-7-8-10-14(13)23-17/h4-12H2,1-3H3. The molecule has 1 aliphatic rings. The van der Waals surface area contributed by atoms with Crippen molar-refractivity contribution in [1.82, 2.24) is 14.5 Å². The molecule has 0 saturated carbocycles. The van der Waals surface area contributed by atoms with Crippen molar-refractivity contribution in [3.8, 4) is 0 Å². The second kappa shape index (κ2) is 7.14. The van der Waals surface area contributed by atoms with Gasteiger partial charge in [-0.25, -0.2) is 4.98 Å². The van der Waals surface area contributed by atoms with Gasteiger partial charge in [0.05, 0.1) is 11.9 Å². The number of hydrogen-bond donors (Lipinski definition) is 0. The van der Waals surface area contributed by atoms with E-state index in [0.29, 0.717) is 0 Å². The van der Waals surface area contributed by atoms with E-state index in [1.54, 1.807) is 11.3 Å². The van der Waals surface area contributed by atoms with E-state index >= 15 is 0 Å². The Morgan fingerprint density at radius 1 is 1.17 bits per heavy atom. The largest absolute Gasteiger partial charge is 0.297 e. The van der Waals surface area contributed by atoms with Crippen LogP contribution in [-0.4, -0.2) is 27.5 Å². The maximum Gasteiger partial charge on any atom is 0.262 e. The molecule has 5 heteroatoms. The normalized spacial score (nSPS) is 14.6. The lowest BCUT2D eigenvalue weighted by molar-refractivity contribution is 0.281. The van der Waals surface area contributed by atoms with Crippen molar-refractivity contribution in [3.63, 3.8) is 0 Å². The minimum Gasteiger partial charge on any atom is -0.297 e. The lowest BCUT2D eigenvalue weighted by Gasteiger charge is -2.20. The molecular weight excluding hydrogens is 306 g/mol. The fraction of sp³-hybridized carbons (Fsp3) is 0.667. The van der Waals surface area contributed by atoms with Gasteiger partial charge in [-0.3, -0.25) is 14.3 Å². The van der Waals surface area contributed by atoms with Gasteiger partial charge in [0.2, 0.25) is 0 Å². The van der Waals surface area contributed by atoms with Crippen LogP contribution in [0.3, 0.4) is 0 Å². The first-order chi connectivity index (χ1) is 11.2. The SMILES string of the molecule is CCCn1c(CN(CC)CC)nc2sc3c(c2c1=O)CCCC3. The van der Waals surface area contributed by atoms with E-state index in [2.05, 4.69) is 25.7 Å². The van der Waals surface area contributed by atoms with E-state index in [1.165, 1.54) is 23.3 Å². The lowest BCUT2D eigenvalue weighted by atomic mass is 9.97. The third-order valence-corrected chi connectivity index (χ3v) is 6.05. The zero-order chi connectivity index (χ0) is 16.4. The van der Waals surface area contributed by atoms with Gasteiger partial charge in [-0.2, -0.15) is 0 Å². The summed E-state index contributed by atoms with van der Waals surface area (Å²) in [7, 11) is 0. The minimum absolute atomic E-state index is 0.193. The van der Waals surface area contributed by atoms with Gasteiger partial charge in [0.1, 0.15) is 10.7 Å². The van der Waals surface area contributed by atoms with Gasteiger partial charge in [-0.1, -0.05) is 20.8 Å². The van der Waals surface area contributed by atoms with Crippen LogP contribution in [0, 0.1) is 0 Å². The Labute approximate surface area is 142 Å². The highest BCUT2D eigenvalue weighted by atomic mass is 32.1. The first-order valence-electron chi connectivity index (χ1n) is 8.95. The minimum atomic E-state index is 0.193. The highest BCUT2D eigenvalue weighted by Gasteiger charge is 2.22. The summed E-state index contributed by atoms with van der Waals surface area (Å²) in [6, 6.07) is 0. The summed E-state index contributed by atoms with van der Waals surface area (Å²) in [6.45, 7) is 9.95. The van der Waals surface area contributed by atoms with Gasteiger partial charge < -0.3 is 0 Å². The molecule has 2 heterocycles. The van der Waals surface area contributed by atoms with Crippen LogP contribution < -0.4 is 5.56 Å². The topological polar surface area (TPSA) is 38.1 Å². The van der Waals surface area contributed by atoms with Gasteiger partial charge in [-0.15, -0.1) is 11.3 Å². The van der Waals surface area contributed by atoms with Crippen LogP contribution in [0.1, 0.15) is 56.3 Å². The quantitative estimate of drug-likeness (QED) is 0.811. The Bertz CT molecular complexity index is 743. The van der Waals surface area contributed by atoms with Crippen LogP contribution in [0.15, 0.2) is 4.79 Å². The van der Waals surface area contributed by atoms with Crippen molar-refractivity contribution >= 4 is 21.6 Å². The van der Waals surface area contributed by atoms with E-state index in [0.717, 1.165) is 61.5 Å². The first kappa shape index (κ1) is 16.7. The number of fused-ring (bicyclic) bond motifs is 3. The van der Waals surface area contributed by atoms with E-state index in [1.807, 2.05) is 4.57 Å². The molecule has 0 aliphatic heterocycles. The summed E-state index contributed by atoms with van der Waals surface area (Å²) < 4.78 is 1.93. The molecule has 126 valence electrons. The number of hydrogen-bond acceptors (Lipinski definition) is 4. The van der Waals surface area contributed by atoms with E-state index < -0.39 is 0 Å². The Kier molecular flexibility index (Phi) is 5.17. The number of rotatable bonds is 6. The van der Waals surface area contributed by atoms with Gasteiger partial charge in [0.25, 0.3) is 5.56 Å². The van der Waals surface area contributed by atoms with Crippen LogP contribution >= 0.6 is 11.3 Å². The van der Waals surface area contributed by atoms with Crippen molar-refractivity contribution in [2.75, 3.05) is 13.1 Å². The smallest absolute Gasteiger partial charge is 0.262 e. The Morgan fingerprint density at radius 3 is 2.61 bits per heavy atom. The predicted octanol–water partition coefficient (Wildman–Crippen LogP) is 3.59. The average Bonchev–Trinajstić information content (AvgIpc) is 2.94. The highest BCUT2D eigenvalue weighted by Crippen LogP contribution is 2.33. The molecule has 0 atom stereocenters. The molecule has 0 spiro atoms. The van der Waals surface area contributed by atoms with Crippen LogP contribution in [0.2, 0.25) is 0 Å². The maximum atomic E-state index is 13.1. The summed E-state index contributed by atoms with van der Waals surface area (Å²) in [5.74, 6) is 0.937. The molecule has 3 rings (SSSR count). The molecule has 0 N–H and O–H groups in total. The summed E-state index contributed by atoms with van der Waals surface area (Å²) in [6.07, 6.45) is 5.58. The molecule has 0 radical (unpaired) electrons. The molecule has 0 amide bonds. The van der Waals surface area contributed by atoms with Crippen molar-refractivity contribution in [3.05, 3.63) is 26.6 Å². The van der Waals surface area contributed by atoms with E-state index in [9.17, 15) is 4.79 Å². The van der Waals surface area contributed by atoms with Crippen LogP contribution in [0.4, 0.5) is 0 Å². The number of aryl methyl sites for hydroxylation is 2. The number of aromatic nitrogens is 2. The zero-order valence-electron chi connectivity index (χ0n) is 14.5. The Balaban J connectivity index is 2.15. The number of nitrogens with zero attached hydrogens (tertiary/aromatic N) is 3. The molecule has 2 aromatic heterocycles. The molecule has 23 heavy (non-hydrogen) atoms. The predicted molar refractivity (Wildman–Crippen MR) is 97.4 cm³/mol. The van der Waals surface area contributed by atoms with E-state index in [4.69, 9.17) is 4.98 Å². The monoisotopic (exact) mass is 333 g/mol. The maximum absolute atomic E-state index is 13.1. The second-order valence-corrected chi connectivity index (χ2v) is 7.42. The molecule has 1 aliphatic carbocycles. The summed E-state index contributed by atoms with van der Waals surface area (Å²) >= 11 is 1.75. The molecule has 0 saturated heterocycles. The Hall–Kier alpha value is -1.20. The fourth-order valence-corrected chi connectivity index (χ4v) is 4.77. The van der Waals surface area contributed by atoms with Crippen LogP contribution in [0.25, 0.3) is 10.2 Å². The third-order valence-electron chi connectivity index (χ3n) is 4.86. The molecule has 0 aromatic carbocycles. The van der Waals surface area contributed by atoms with Crippen molar-refractivity contribution in [1.29, 1.82) is 0 Å². The molecule has 0 unspecified atom stereocenters. The molecule has 4 nitrogen and oxygen atoms in total. The zero-order valence-corrected chi connectivity index (χ0v) is 15.3. The summed E-state index contributed by atoms with van der Waals surface area (Å²) in [4.78, 5) is 22.8. The summed E-state index contributed by atoms with van der Waals surface area (Å²) in [5, 5.41) is 0.918. The Morgan fingerprint density at radius 2 is 1.91 bits per heavy atom. The second-order valence-electron chi connectivity index (χ2n) is 6.34. The molecular formula is C18H27N3OS. The van der Waals surface area contributed by atoms with E-state index in [-0.39, 0.29) is 5.56 Å². The van der Waals surface area contributed by atoms with Crippen LogP contribution in [-0.2, 0) is 25.9 Å². The van der Waals surface area contributed by atoms with Crippen molar-refractivity contribution in [2.45, 2.75) is 66.0 Å². The lowest BCUT2D eigenvalue weighted by Crippen LogP contribution is -2.31. The molecule has 2 aromatic rings. The highest BCUT2D eigenvalue weighted by molar-refractivity contribution is 7.18. The number of thiophene rings is 1. The van der Waals surface area contributed by atoms with Gasteiger partial charge in [-0.05, 0) is 50.8 Å². The average molecular weight is 334 g/mol. The fourth-order valence-electron chi connectivity index (χ4n) is 3.50. The van der Waals surface area contributed by atoms with Crippen LogP contribution in [0.5, 0.6) is 0 Å². The van der Waals surface area contributed by atoms with Gasteiger partial charge in [0.15, 0.2) is 0 Å². The first-order valence-corrected chi connectivity index (χ1v) is 9.77. The van der Waals surface area contributed by atoms with Crippen molar-refractivity contribution < 1.29 is 0 Å². The van der Waals surface area contributed by atoms with Crippen molar-refractivity contribution in [2.24, 2.45) is 0 Å². The summed E-state index contributed by atoms with van der Waals surface area (Å²) in [5.41, 5.74) is 1.49. The van der Waals surface area contributed by atoms with Gasteiger partial charge >= 0.3 is 0 Å². The van der Waals surface area contributed by atoms with Gasteiger partial charge in [0, 0.05) is 11.4 Å².